The second-order valence-electron chi connectivity index (χ2n) is 6.01. The van der Waals surface area contributed by atoms with Crippen molar-refractivity contribution in [3.05, 3.63) is 35.5 Å². The molecule has 1 aromatic heterocycles. The average Bonchev–Trinajstić information content (AvgIpc) is 3.17. The molecule has 0 unspecified atom stereocenters. The van der Waals surface area contributed by atoms with Crippen molar-refractivity contribution in [3.8, 4) is 5.75 Å². The molecule has 3 heterocycles. The molecular formula is C17H19NO5. The number of pyridine rings is 1. The van der Waals surface area contributed by atoms with Gasteiger partial charge in [-0.3, -0.25) is 0 Å². The number of fused-ring (bicyclic) bond motifs is 1. The summed E-state index contributed by atoms with van der Waals surface area (Å²) in [5.74, 6) is -1.70. The minimum atomic E-state index is -0.930. The quantitative estimate of drug-likeness (QED) is 0.917. The fourth-order valence-electron chi connectivity index (χ4n) is 3.17. The minimum Gasteiger partial charge on any atom is -0.506 e. The maximum atomic E-state index is 10.2. The number of hydrogen-bond acceptors (Lipinski definition) is 6. The number of aromatic nitrogens is 1. The summed E-state index contributed by atoms with van der Waals surface area (Å²) in [6.07, 6.45) is 0. The van der Waals surface area contributed by atoms with E-state index in [9.17, 15) is 5.11 Å². The number of phenols is 1. The van der Waals surface area contributed by atoms with Gasteiger partial charge >= 0.3 is 0 Å². The molecule has 23 heavy (non-hydrogen) atoms. The molecule has 0 amide bonds. The second kappa shape index (κ2) is 5.14. The highest BCUT2D eigenvalue weighted by Gasteiger charge is 2.40. The van der Waals surface area contributed by atoms with Gasteiger partial charge in [-0.2, -0.15) is 0 Å². The van der Waals surface area contributed by atoms with Crippen LogP contribution >= 0.6 is 0 Å². The molecule has 2 aliphatic heterocycles. The molecule has 1 aromatic carbocycles. The van der Waals surface area contributed by atoms with Crippen LogP contribution in [-0.2, 0) is 30.5 Å². The highest BCUT2D eigenvalue weighted by Crippen LogP contribution is 2.40. The molecule has 2 fully saturated rings. The number of phenolic OH excluding ortho intramolecular Hbond substituents is 1. The molecule has 122 valence electrons. The predicted octanol–water partition coefficient (Wildman–Crippen LogP) is 2.38. The zero-order chi connectivity index (χ0) is 16.1. The van der Waals surface area contributed by atoms with Crippen molar-refractivity contribution in [1.29, 1.82) is 0 Å². The summed E-state index contributed by atoms with van der Waals surface area (Å²) >= 11 is 0. The molecule has 0 aliphatic carbocycles. The summed E-state index contributed by atoms with van der Waals surface area (Å²) in [5, 5.41) is 11.0. The van der Waals surface area contributed by atoms with E-state index >= 15 is 0 Å². The van der Waals surface area contributed by atoms with Gasteiger partial charge in [0.2, 0.25) is 5.79 Å². The molecular weight excluding hydrogens is 298 g/mol. The van der Waals surface area contributed by atoms with Crippen molar-refractivity contribution in [2.75, 3.05) is 26.4 Å². The zero-order valence-corrected chi connectivity index (χ0v) is 13.2. The van der Waals surface area contributed by atoms with Crippen LogP contribution in [0.2, 0.25) is 0 Å². The Balaban J connectivity index is 1.98. The Bertz CT molecular complexity index is 748. The first kappa shape index (κ1) is 14.8. The third-order valence-electron chi connectivity index (χ3n) is 4.45. The summed E-state index contributed by atoms with van der Waals surface area (Å²) < 4.78 is 23.1. The van der Waals surface area contributed by atoms with Gasteiger partial charge in [0.1, 0.15) is 17.0 Å². The Kier molecular flexibility index (Phi) is 3.32. The SMILES string of the molecule is CC1(c2cc(C3(C)OCCO3)c3cccc(O)c3n2)OCCO1. The molecule has 0 spiro atoms. The van der Waals surface area contributed by atoms with E-state index in [0.29, 0.717) is 37.6 Å². The zero-order valence-electron chi connectivity index (χ0n) is 13.2. The van der Waals surface area contributed by atoms with Gasteiger partial charge in [-0.1, -0.05) is 12.1 Å². The van der Waals surface area contributed by atoms with Gasteiger partial charge in [-0.15, -0.1) is 0 Å². The fraction of sp³-hybridized carbons (Fsp3) is 0.471. The largest absolute Gasteiger partial charge is 0.506 e. The van der Waals surface area contributed by atoms with Gasteiger partial charge in [0.05, 0.1) is 26.4 Å². The summed E-state index contributed by atoms with van der Waals surface area (Å²) in [4.78, 5) is 4.58. The van der Waals surface area contributed by atoms with E-state index in [1.807, 2.05) is 26.0 Å². The number of benzene rings is 1. The lowest BCUT2D eigenvalue weighted by Gasteiger charge is -2.28. The summed E-state index contributed by atoms with van der Waals surface area (Å²) in [6.45, 7) is 5.78. The van der Waals surface area contributed by atoms with E-state index in [1.54, 1.807) is 12.1 Å². The molecule has 2 saturated heterocycles. The lowest BCUT2D eigenvalue weighted by Crippen LogP contribution is -2.28. The van der Waals surface area contributed by atoms with E-state index in [1.165, 1.54) is 0 Å². The number of rotatable bonds is 2. The van der Waals surface area contributed by atoms with Crippen molar-refractivity contribution in [1.82, 2.24) is 4.98 Å². The molecule has 2 aromatic rings. The lowest BCUT2D eigenvalue weighted by molar-refractivity contribution is -0.156. The van der Waals surface area contributed by atoms with Crippen LogP contribution in [0.3, 0.4) is 0 Å². The van der Waals surface area contributed by atoms with E-state index in [-0.39, 0.29) is 5.75 Å². The number of nitrogens with zero attached hydrogens (tertiary/aromatic N) is 1. The second-order valence-corrected chi connectivity index (χ2v) is 6.01. The Labute approximate surface area is 133 Å². The maximum absolute atomic E-state index is 10.2. The molecule has 2 aliphatic rings. The molecule has 6 nitrogen and oxygen atoms in total. The van der Waals surface area contributed by atoms with Crippen molar-refractivity contribution in [2.45, 2.75) is 25.4 Å². The topological polar surface area (TPSA) is 70.0 Å². The Morgan fingerprint density at radius 2 is 1.57 bits per heavy atom. The molecule has 1 N–H and O–H groups in total. The first-order chi connectivity index (χ1) is 11.0. The summed E-state index contributed by atoms with van der Waals surface area (Å²) in [6, 6.07) is 7.18. The van der Waals surface area contributed by atoms with Gasteiger partial charge in [0, 0.05) is 10.9 Å². The third-order valence-corrected chi connectivity index (χ3v) is 4.45. The Morgan fingerprint density at radius 3 is 2.22 bits per heavy atom. The van der Waals surface area contributed by atoms with Crippen molar-refractivity contribution < 1.29 is 24.1 Å². The molecule has 4 rings (SSSR count). The highest BCUT2D eigenvalue weighted by molar-refractivity contribution is 5.88. The number of aromatic hydroxyl groups is 1. The number of para-hydroxylation sites is 1. The smallest absolute Gasteiger partial charge is 0.209 e. The van der Waals surface area contributed by atoms with Crippen LogP contribution in [0, 0.1) is 0 Å². The first-order valence-corrected chi connectivity index (χ1v) is 7.71. The van der Waals surface area contributed by atoms with Gasteiger partial charge < -0.3 is 24.1 Å². The van der Waals surface area contributed by atoms with Gasteiger partial charge in [-0.05, 0) is 26.0 Å². The first-order valence-electron chi connectivity index (χ1n) is 7.71. The minimum absolute atomic E-state index is 0.105. The van der Waals surface area contributed by atoms with E-state index in [2.05, 4.69) is 4.98 Å². The highest BCUT2D eigenvalue weighted by atomic mass is 16.7. The van der Waals surface area contributed by atoms with Crippen LogP contribution in [-0.4, -0.2) is 36.5 Å². The summed E-state index contributed by atoms with van der Waals surface area (Å²) in [5.41, 5.74) is 1.89. The normalized spacial score (nSPS) is 22.7. The molecule has 6 heteroatoms. The van der Waals surface area contributed by atoms with Crippen molar-refractivity contribution >= 4 is 10.9 Å². The van der Waals surface area contributed by atoms with Crippen LogP contribution in [0.5, 0.6) is 5.75 Å². The van der Waals surface area contributed by atoms with Crippen LogP contribution < -0.4 is 0 Å². The van der Waals surface area contributed by atoms with Crippen LogP contribution in [0.15, 0.2) is 24.3 Å². The van der Waals surface area contributed by atoms with E-state index in [4.69, 9.17) is 18.9 Å². The predicted molar refractivity (Wildman–Crippen MR) is 81.9 cm³/mol. The molecule has 0 saturated carbocycles. The molecule has 0 atom stereocenters. The van der Waals surface area contributed by atoms with E-state index in [0.717, 1.165) is 10.9 Å². The number of hydrogen-bond donors (Lipinski definition) is 1. The average molecular weight is 317 g/mol. The lowest BCUT2D eigenvalue weighted by atomic mass is 9.98. The van der Waals surface area contributed by atoms with Crippen molar-refractivity contribution in [3.63, 3.8) is 0 Å². The number of ether oxygens (including phenoxy) is 4. The van der Waals surface area contributed by atoms with Gasteiger partial charge in [-0.25, -0.2) is 4.98 Å². The third kappa shape index (κ3) is 2.30. The molecule has 0 bridgehead atoms. The standard InChI is InChI=1S/C17H19NO5/c1-16(20-6-7-21-16)12-10-14(17(2)22-8-9-23-17)18-15-11(12)4-3-5-13(15)19/h3-5,10,19H,6-9H2,1-2H3. The van der Waals surface area contributed by atoms with Crippen LogP contribution in [0.25, 0.3) is 10.9 Å². The summed E-state index contributed by atoms with van der Waals surface area (Å²) in [7, 11) is 0. The Hall–Kier alpha value is -1.73. The molecule has 0 radical (unpaired) electrons. The maximum Gasteiger partial charge on any atom is 0.209 e. The van der Waals surface area contributed by atoms with Gasteiger partial charge in [0.15, 0.2) is 5.79 Å². The van der Waals surface area contributed by atoms with E-state index < -0.39 is 11.6 Å². The van der Waals surface area contributed by atoms with Gasteiger partial charge in [0.25, 0.3) is 0 Å². The van der Waals surface area contributed by atoms with Crippen LogP contribution in [0.4, 0.5) is 0 Å². The fourth-order valence-corrected chi connectivity index (χ4v) is 3.17. The van der Waals surface area contributed by atoms with Crippen molar-refractivity contribution in [2.24, 2.45) is 0 Å². The Morgan fingerprint density at radius 1 is 0.957 bits per heavy atom. The monoisotopic (exact) mass is 317 g/mol. The van der Waals surface area contributed by atoms with Crippen LogP contribution in [0.1, 0.15) is 25.1 Å².